The van der Waals surface area contributed by atoms with Gasteiger partial charge in [-0.2, -0.15) is 5.10 Å². The Hall–Kier alpha value is -5.44. The lowest BCUT2D eigenvalue weighted by molar-refractivity contribution is 0.461. The summed E-state index contributed by atoms with van der Waals surface area (Å²) in [6, 6.07) is 44.4. The lowest BCUT2D eigenvalue weighted by Gasteiger charge is -2.36. The monoisotopic (exact) mass is 678 g/mol. The second-order valence-electron chi connectivity index (χ2n) is 11.5. The molecule has 0 aliphatic rings. The van der Waals surface area contributed by atoms with Gasteiger partial charge in [0.05, 0.1) is 20.3 Å². The Morgan fingerprint density at radius 1 is 0.653 bits per heavy atom. The van der Waals surface area contributed by atoms with Gasteiger partial charge in [-0.3, -0.25) is 4.68 Å². The van der Waals surface area contributed by atoms with E-state index >= 15 is 4.39 Å². The Labute approximate surface area is 290 Å². The van der Waals surface area contributed by atoms with E-state index < -0.39 is 17.2 Å². The van der Waals surface area contributed by atoms with E-state index in [1.807, 2.05) is 83.7 Å². The molecule has 49 heavy (non-hydrogen) atoms. The standard InChI is InChI=1S/C41H28F2N4S2/c1-48-38-22-21-37(49-38)40-33-23-27(17-20-36(33)44-26-45-40)34-25-47(46-39(34)32-19-18-31(42)24-35(32)43)41(28-11-5-2-6-12-28,29-13-7-3-8-14-29)30-15-9-4-10-16-30/h2-26H,1H3. The van der Waals surface area contributed by atoms with Crippen molar-refractivity contribution in [3.63, 3.8) is 0 Å². The van der Waals surface area contributed by atoms with Gasteiger partial charge in [-0.1, -0.05) is 97.1 Å². The topological polar surface area (TPSA) is 43.6 Å². The number of benzene rings is 5. The van der Waals surface area contributed by atoms with E-state index in [2.05, 4.69) is 59.8 Å². The van der Waals surface area contributed by atoms with Crippen molar-refractivity contribution in [3.8, 4) is 33.0 Å². The van der Waals surface area contributed by atoms with Crippen LogP contribution in [0.2, 0.25) is 0 Å². The second-order valence-corrected chi connectivity index (χ2v) is 13.7. The van der Waals surface area contributed by atoms with Gasteiger partial charge < -0.3 is 0 Å². The minimum atomic E-state index is -0.941. The molecular formula is C41H28F2N4S2. The largest absolute Gasteiger partial charge is 0.252 e. The number of rotatable bonds is 8. The number of thiophene rings is 1. The van der Waals surface area contributed by atoms with Crippen LogP contribution in [-0.2, 0) is 5.54 Å². The Morgan fingerprint density at radius 3 is 1.90 bits per heavy atom. The predicted octanol–water partition coefficient (Wildman–Crippen LogP) is 10.7. The molecule has 0 radical (unpaired) electrons. The van der Waals surface area contributed by atoms with Gasteiger partial charge in [0.2, 0.25) is 0 Å². The van der Waals surface area contributed by atoms with Crippen molar-refractivity contribution in [2.45, 2.75) is 9.75 Å². The van der Waals surface area contributed by atoms with Crippen molar-refractivity contribution in [3.05, 3.63) is 180 Å². The van der Waals surface area contributed by atoms with Crippen molar-refractivity contribution < 1.29 is 8.78 Å². The fourth-order valence-electron chi connectivity index (χ4n) is 6.55. The van der Waals surface area contributed by atoms with E-state index in [-0.39, 0.29) is 5.56 Å². The molecule has 0 amide bonds. The van der Waals surface area contributed by atoms with Gasteiger partial charge in [0, 0.05) is 28.8 Å². The fourth-order valence-corrected chi connectivity index (χ4v) is 8.11. The summed E-state index contributed by atoms with van der Waals surface area (Å²) in [5.41, 5.74) is 5.69. The molecule has 4 nitrogen and oxygen atoms in total. The molecule has 3 heterocycles. The number of hydrogen-bond acceptors (Lipinski definition) is 5. The van der Waals surface area contributed by atoms with Crippen LogP contribution in [0.25, 0.3) is 43.9 Å². The zero-order valence-electron chi connectivity index (χ0n) is 26.3. The van der Waals surface area contributed by atoms with Gasteiger partial charge in [0.25, 0.3) is 0 Å². The molecule has 0 N–H and O–H groups in total. The summed E-state index contributed by atoms with van der Waals surface area (Å²) in [4.78, 5) is 10.3. The molecule has 0 aliphatic heterocycles. The maximum absolute atomic E-state index is 15.8. The maximum atomic E-state index is 15.8. The summed E-state index contributed by atoms with van der Waals surface area (Å²) in [6.07, 6.45) is 5.62. The lowest BCUT2D eigenvalue weighted by Crippen LogP contribution is -2.38. The summed E-state index contributed by atoms with van der Waals surface area (Å²) in [6.45, 7) is 0. The molecule has 8 rings (SSSR count). The third kappa shape index (κ3) is 5.43. The molecule has 5 aromatic carbocycles. The van der Waals surface area contributed by atoms with E-state index in [1.165, 1.54) is 16.3 Å². The molecule has 0 fully saturated rings. The normalized spacial score (nSPS) is 11.7. The van der Waals surface area contributed by atoms with Crippen LogP contribution in [0.15, 0.2) is 156 Å². The van der Waals surface area contributed by atoms with E-state index in [9.17, 15) is 4.39 Å². The van der Waals surface area contributed by atoms with E-state index in [0.29, 0.717) is 11.3 Å². The average Bonchev–Trinajstić information content (AvgIpc) is 3.81. The predicted molar refractivity (Wildman–Crippen MR) is 196 cm³/mol. The molecule has 3 aromatic heterocycles. The molecule has 8 aromatic rings. The number of halogens is 2. The van der Waals surface area contributed by atoms with Crippen LogP contribution in [0, 0.1) is 11.6 Å². The number of fused-ring (bicyclic) bond motifs is 1. The highest BCUT2D eigenvalue weighted by molar-refractivity contribution is 8.00. The van der Waals surface area contributed by atoms with Crippen molar-refractivity contribution in [1.82, 2.24) is 19.7 Å². The molecule has 0 saturated carbocycles. The zero-order valence-corrected chi connectivity index (χ0v) is 27.9. The molecular weight excluding hydrogens is 651 g/mol. The Bertz CT molecular complexity index is 2310. The Kier molecular flexibility index (Phi) is 8.11. The maximum Gasteiger partial charge on any atom is 0.138 e. The highest BCUT2D eigenvalue weighted by Crippen LogP contribution is 2.44. The van der Waals surface area contributed by atoms with Crippen LogP contribution in [-0.4, -0.2) is 26.0 Å². The molecule has 8 heteroatoms. The molecule has 0 spiro atoms. The minimum Gasteiger partial charge on any atom is -0.252 e. The van der Waals surface area contributed by atoms with Crippen LogP contribution in [0.3, 0.4) is 0 Å². The second kappa shape index (κ2) is 12.9. The van der Waals surface area contributed by atoms with Crippen molar-refractivity contribution in [2.75, 3.05) is 6.26 Å². The van der Waals surface area contributed by atoms with Crippen LogP contribution >= 0.6 is 23.1 Å². The third-order valence-electron chi connectivity index (χ3n) is 8.78. The van der Waals surface area contributed by atoms with Gasteiger partial charge in [-0.05, 0) is 64.9 Å². The number of thioether (sulfide) groups is 1. The minimum absolute atomic E-state index is 0.200. The van der Waals surface area contributed by atoms with Gasteiger partial charge in [-0.15, -0.1) is 23.1 Å². The lowest BCUT2D eigenvalue weighted by atomic mass is 9.77. The quantitative estimate of drug-likeness (QED) is 0.119. The summed E-state index contributed by atoms with van der Waals surface area (Å²) < 4.78 is 33.2. The van der Waals surface area contributed by atoms with Crippen molar-refractivity contribution >= 4 is 34.0 Å². The van der Waals surface area contributed by atoms with E-state index in [0.717, 1.165) is 49.8 Å². The molecule has 0 aliphatic carbocycles. The first-order chi connectivity index (χ1) is 24.1. The van der Waals surface area contributed by atoms with Crippen molar-refractivity contribution in [2.24, 2.45) is 0 Å². The zero-order chi connectivity index (χ0) is 33.4. The summed E-state index contributed by atoms with van der Waals surface area (Å²) in [5, 5.41) is 6.12. The summed E-state index contributed by atoms with van der Waals surface area (Å²) >= 11 is 3.37. The molecule has 0 bridgehead atoms. The number of hydrogen-bond donors (Lipinski definition) is 0. The SMILES string of the molecule is CSc1ccc(-c2ncnc3ccc(-c4cn(C(c5ccccc5)(c5ccccc5)c5ccccc5)nc4-c4ccc(F)cc4F)cc23)s1. The van der Waals surface area contributed by atoms with Crippen molar-refractivity contribution in [1.29, 1.82) is 0 Å². The van der Waals surface area contributed by atoms with E-state index in [1.54, 1.807) is 29.4 Å². The summed E-state index contributed by atoms with van der Waals surface area (Å²) in [5.74, 6) is -1.34. The summed E-state index contributed by atoms with van der Waals surface area (Å²) in [7, 11) is 0. The highest BCUT2D eigenvalue weighted by Gasteiger charge is 2.40. The Morgan fingerprint density at radius 2 is 1.31 bits per heavy atom. The first-order valence-electron chi connectivity index (χ1n) is 15.7. The molecule has 0 unspecified atom stereocenters. The molecule has 0 saturated heterocycles. The van der Waals surface area contributed by atoms with Gasteiger partial charge >= 0.3 is 0 Å². The first kappa shape index (κ1) is 30.9. The van der Waals surface area contributed by atoms with Crippen LogP contribution in [0.5, 0.6) is 0 Å². The molecule has 238 valence electrons. The molecule has 0 atom stereocenters. The van der Waals surface area contributed by atoms with Gasteiger partial charge in [0.15, 0.2) is 0 Å². The highest BCUT2D eigenvalue weighted by atomic mass is 32.2. The van der Waals surface area contributed by atoms with E-state index in [4.69, 9.17) is 10.1 Å². The number of nitrogens with zero attached hydrogens (tertiary/aromatic N) is 4. The fraction of sp³-hybridized carbons (Fsp3) is 0.0488. The third-order valence-corrected chi connectivity index (χ3v) is 11.0. The smallest absolute Gasteiger partial charge is 0.138 e. The van der Waals surface area contributed by atoms with Crippen LogP contribution in [0.1, 0.15) is 16.7 Å². The first-order valence-corrected chi connectivity index (χ1v) is 17.7. The van der Waals surface area contributed by atoms with Crippen LogP contribution < -0.4 is 0 Å². The van der Waals surface area contributed by atoms with Gasteiger partial charge in [-0.25, -0.2) is 18.7 Å². The number of aromatic nitrogens is 4. The Balaban J connectivity index is 1.44. The van der Waals surface area contributed by atoms with Gasteiger partial charge in [0.1, 0.15) is 29.2 Å². The van der Waals surface area contributed by atoms with Crippen LogP contribution in [0.4, 0.5) is 8.78 Å². The average molecular weight is 679 g/mol.